The molecule has 0 aliphatic heterocycles. The molecule has 0 atom stereocenters. The first-order chi connectivity index (χ1) is 13.2. The smallest absolute Gasteiger partial charge is 0.0737 e. The van der Waals surface area contributed by atoms with Gasteiger partial charge in [0.1, 0.15) is 0 Å². The second-order valence-electron chi connectivity index (χ2n) is 6.23. The lowest BCUT2D eigenvalue weighted by molar-refractivity contribution is 0.873. The van der Waals surface area contributed by atoms with Crippen LogP contribution in [0.3, 0.4) is 0 Å². The highest BCUT2D eigenvalue weighted by molar-refractivity contribution is 6.31. The van der Waals surface area contributed by atoms with E-state index in [9.17, 15) is 0 Å². The highest BCUT2D eigenvalue weighted by Gasteiger charge is 2.06. The molecule has 2 aromatic carbocycles. The fourth-order valence-corrected chi connectivity index (χ4v) is 3.64. The second-order valence-corrected chi connectivity index (χ2v) is 7.42. The van der Waals surface area contributed by atoms with Crippen LogP contribution in [0.4, 0.5) is 11.4 Å². The first kappa shape index (κ1) is 20.1. The molecule has 0 fully saturated rings. The van der Waals surface area contributed by atoms with Crippen molar-refractivity contribution in [3.05, 3.63) is 65.3 Å². The van der Waals surface area contributed by atoms with Crippen molar-refractivity contribution in [2.45, 2.75) is 6.42 Å². The summed E-state index contributed by atoms with van der Waals surface area (Å²) >= 11 is 17.8. The van der Waals surface area contributed by atoms with Gasteiger partial charge in [-0.15, -0.1) is 23.2 Å². The zero-order chi connectivity index (χ0) is 19.1. The number of alkyl halides is 2. The van der Waals surface area contributed by atoms with Gasteiger partial charge >= 0.3 is 0 Å². The number of fused-ring (bicyclic) bond motifs is 1. The number of nitrogens with one attached hydrogen (secondary N) is 1. The maximum Gasteiger partial charge on any atom is 0.0737 e. The lowest BCUT2D eigenvalue weighted by Crippen LogP contribution is -2.27. The number of rotatable bonds is 9. The molecule has 3 nitrogen and oxygen atoms in total. The summed E-state index contributed by atoms with van der Waals surface area (Å²) in [7, 11) is 0. The molecule has 3 aromatic rings. The van der Waals surface area contributed by atoms with Crippen LogP contribution in [0.25, 0.3) is 10.9 Å². The number of aromatic nitrogens is 1. The van der Waals surface area contributed by atoms with Gasteiger partial charge in [-0.2, -0.15) is 0 Å². The van der Waals surface area contributed by atoms with Gasteiger partial charge in [0, 0.05) is 59.4 Å². The number of anilines is 2. The fraction of sp³-hybridized carbons (Fsp3) is 0.286. The molecule has 27 heavy (non-hydrogen) atoms. The molecule has 1 N–H and O–H groups in total. The zero-order valence-electron chi connectivity index (χ0n) is 15.0. The third kappa shape index (κ3) is 5.41. The van der Waals surface area contributed by atoms with Crippen molar-refractivity contribution in [3.63, 3.8) is 0 Å². The lowest BCUT2D eigenvalue weighted by Gasteiger charge is -2.23. The largest absolute Gasteiger partial charge is 0.384 e. The molecule has 1 aromatic heterocycles. The van der Waals surface area contributed by atoms with Gasteiger partial charge in [-0.05, 0) is 48.4 Å². The molecule has 142 valence electrons. The highest BCUT2D eigenvalue weighted by atomic mass is 35.5. The van der Waals surface area contributed by atoms with Crippen LogP contribution < -0.4 is 10.2 Å². The van der Waals surface area contributed by atoms with Gasteiger partial charge in [0.2, 0.25) is 0 Å². The summed E-state index contributed by atoms with van der Waals surface area (Å²) in [6.07, 6.45) is 2.74. The van der Waals surface area contributed by atoms with E-state index in [0.717, 1.165) is 48.3 Å². The van der Waals surface area contributed by atoms with E-state index in [1.54, 1.807) is 6.20 Å². The van der Waals surface area contributed by atoms with E-state index in [1.165, 1.54) is 5.56 Å². The van der Waals surface area contributed by atoms with Gasteiger partial charge in [0.25, 0.3) is 0 Å². The van der Waals surface area contributed by atoms with Crippen molar-refractivity contribution in [1.29, 1.82) is 0 Å². The first-order valence-corrected chi connectivity index (χ1v) is 10.4. The predicted octanol–water partition coefficient (Wildman–Crippen LogP) is 5.83. The van der Waals surface area contributed by atoms with E-state index in [4.69, 9.17) is 34.8 Å². The Morgan fingerprint density at radius 3 is 2.37 bits per heavy atom. The minimum Gasteiger partial charge on any atom is -0.384 e. The summed E-state index contributed by atoms with van der Waals surface area (Å²) in [4.78, 5) is 6.58. The van der Waals surface area contributed by atoms with E-state index in [0.29, 0.717) is 16.8 Å². The van der Waals surface area contributed by atoms with Gasteiger partial charge in [-0.25, -0.2) is 0 Å². The summed E-state index contributed by atoms with van der Waals surface area (Å²) < 4.78 is 0. The second kappa shape index (κ2) is 10.0. The van der Waals surface area contributed by atoms with E-state index in [-0.39, 0.29) is 0 Å². The Kier molecular flexibility index (Phi) is 7.45. The Bertz CT molecular complexity index is 862. The SMILES string of the molecule is ClCCN(CCCl)c1ccc(CCNc2ccnc3cc(Cl)ccc23)cc1. The van der Waals surface area contributed by atoms with Crippen molar-refractivity contribution >= 4 is 57.1 Å². The van der Waals surface area contributed by atoms with Crippen LogP contribution in [0.5, 0.6) is 0 Å². The highest BCUT2D eigenvalue weighted by Crippen LogP contribution is 2.24. The van der Waals surface area contributed by atoms with Crippen molar-refractivity contribution in [2.75, 3.05) is 41.6 Å². The number of pyridine rings is 1. The molecule has 0 bridgehead atoms. The molecule has 0 amide bonds. The van der Waals surface area contributed by atoms with Gasteiger partial charge in [0.15, 0.2) is 0 Å². The summed E-state index contributed by atoms with van der Waals surface area (Å²) in [6.45, 7) is 2.44. The first-order valence-electron chi connectivity index (χ1n) is 8.95. The quantitative estimate of drug-likeness (QED) is 0.440. The van der Waals surface area contributed by atoms with Crippen LogP contribution in [0.15, 0.2) is 54.7 Å². The monoisotopic (exact) mass is 421 g/mol. The summed E-state index contributed by atoms with van der Waals surface area (Å²) in [5, 5.41) is 5.28. The normalized spacial score (nSPS) is 10.9. The van der Waals surface area contributed by atoms with Crippen molar-refractivity contribution in [1.82, 2.24) is 4.98 Å². The van der Waals surface area contributed by atoms with Crippen LogP contribution in [-0.2, 0) is 6.42 Å². The third-order valence-corrected chi connectivity index (χ3v) is 5.02. The van der Waals surface area contributed by atoms with Crippen LogP contribution in [0.2, 0.25) is 5.02 Å². The third-order valence-electron chi connectivity index (χ3n) is 4.44. The average Bonchev–Trinajstić information content (AvgIpc) is 2.68. The molecule has 0 aliphatic carbocycles. The molecule has 0 saturated carbocycles. The molecule has 1 heterocycles. The van der Waals surface area contributed by atoms with Crippen molar-refractivity contribution in [2.24, 2.45) is 0 Å². The van der Waals surface area contributed by atoms with E-state index < -0.39 is 0 Å². The molecule has 0 radical (unpaired) electrons. The van der Waals surface area contributed by atoms with Crippen LogP contribution in [-0.4, -0.2) is 36.4 Å². The van der Waals surface area contributed by atoms with E-state index >= 15 is 0 Å². The maximum absolute atomic E-state index is 6.05. The Balaban J connectivity index is 1.61. The molecule has 0 aliphatic rings. The molecule has 0 spiro atoms. The summed E-state index contributed by atoms with van der Waals surface area (Å²) in [5.41, 5.74) is 4.41. The number of hydrogen-bond donors (Lipinski definition) is 1. The number of benzene rings is 2. The standard InChI is InChI=1S/C21H22Cl3N3/c22-9-13-27(14-10-23)18-4-1-16(2-5-18)7-11-25-20-8-12-26-21-15-17(24)3-6-19(20)21/h1-6,8,12,15H,7,9-11,13-14H2,(H,25,26). The summed E-state index contributed by atoms with van der Waals surface area (Å²) in [5.74, 6) is 1.18. The van der Waals surface area contributed by atoms with Gasteiger partial charge < -0.3 is 10.2 Å². The van der Waals surface area contributed by atoms with Crippen LogP contribution in [0, 0.1) is 0 Å². The van der Waals surface area contributed by atoms with E-state index in [2.05, 4.69) is 39.5 Å². The van der Waals surface area contributed by atoms with Gasteiger partial charge in [-0.3, -0.25) is 4.98 Å². The van der Waals surface area contributed by atoms with Crippen molar-refractivity contribution < 1.29 is 0 Å². The summed E-state index contributed by atoms with van der Waals surface area (Å²) in [6, 6.07) is 16.4. The average molecular weight is 423 g/mol. The topological polar surface area (TPSA) is 28.2 Å². The Labute approximate surface area is 175 Å². The van der Waals surface area contributed by atoms with Gasteiger partial charge in [-0.1, -0.05) is 23.7 Å². The minimum absolute atomic E-state index is 0.591. The Hall–Kier alpha value is -1.68. The molecule has 0 saturated heterocycles. The lowest BCUT2D eigenvalue weighted by atomic mass is 10.1. The van der Waals surface area contributed by atoms with E-state index in [1.807, 2.05) is 24.3 Å². The molecule has 0 unspecified atom stereocenters. The maximum atomic E-state index is 6.05. The Morgan fingerprint density at radius 1 is 0.926 bits per heavy atom. The molecular weight excluding hydrogens is 401 g/mol. The van der Waals surface area contributed by atoms with Crippen LogP contribution in [0.1, 0.15) is 5.56 Å². The van der Waals surface area contributed by atoms with Crippen LogP contribution >= 0.6 is 34.8 Å². The molecular formula is C21H22Cl3N3. The fourth-order valence-electron chi connectivity index (χ4n) is 3.06. The predicted molar refractivity (Wildman–Crippen MR) is 119 cm³/mol. The number of nitrogens with zero attached hydrogens (tertiary/aromatic N) is 2. The molecule has 3 rings (SSSR count). The molecule has 6 heteroatoms. The Morgan fingerprint density at radius 2 is 1.67 bits per heavy atom. The van der Waals surface area contributed by atoms with Gasteiger partial charge in [0.05, 0.1) is 5.52 Å². The minimum atomic E-state index is 0.591. The number of hydrogen-bond acceptors (Lipinski definition) is 3. The number of halogens is 3. The van der Waals surface area contributed by atoms with Crippen molar-refractivity contribution in [3.8, 4) is 0 Å². The zero-order valence-corrected chi connectivity index (χ0v) is 17.2.